The minimum absolute atomic E-state index is 0.00523. The summed E-state index contributed by atoms with van der Waals surface area (Å²) < 4.78 is 4.91. The molecule has 0 aliphatic rings. The van der Waals surface area contributed by atoms with Crippen LogP contribution in [0.15, 0.2) is 24.5 Å². The number of hydrogen-bond acceptors (Lipinski definition) is 2. The van der Waals surface area contributed by atoms with Gasteiger partial charge >= 0.3 is 0 Å². The normalized spacial score (nSPS) is 9.80. The molecule has 2 nitrogen and oxygen atoms in total. The maximum absolute atomic E-state index is 10.4. The number of carbonyl (C=O) groups excluding carboxylic acids is 1. The fraction of sp³-hybridized carbons (Fsp3) is 0.375. The summed E-state index contributed by atoms with van der Waals surface area (Å²) in [6.07, 6.45) is 3.52. The Morgan fingerprint density at radius 2 is 2.30 bits per heavy atom. The summed E-state index contributed by atoms with van der Waals surface area (Å²) in [5, 5.41) is 0. The van der Waals surface area contributed by atoms with Crippen LogP contribution in [0.4, 0.5) is 0 Å². The zero-order valence-corrected chi connectivity index (χ0v) is 6.39. The summed E-state index contributed by atoms with van der Waals surface area (Å²) in [4.78, 5) is 10.4. The maximum atomic E-state index is 10.4. The maximum Gasteiger partial charge on any atom is 0.167 e. The third-order valence-corrected chi connectivity index (χ3v) is 0.813. The first kappa shape index (κ1) is 8.95. The predicted molar refractivity (Wildman–Crippen MR) is 40.6 cm³/mol. The van der Waals surface area contributed by atoms with Crippen molar-refractivity contribution in [1.29, 1.82) is 0 Å². The second-order valence-electron chi connectivity index (χ2n) is 1.96. The molecule has 0 rings (SSSR count). The van der Waals surface area contributed by atoms with E-state index in [0.717, 1.165) is 0 Å². The fourth-order valence-corrected chi connectivity index (χ4v) is 0.428. The molecule has 0 amide bonds. The smallest absolute Gasteiger partial charge is 0.167 e. The zero-order chi connectivity index (χ0) is 7.98. The Bertz CT molecular complexity index is 157. The molecule has 0 atom stereocenters. The highest BCUT2D eigenvalue weighted by atomic mass is 16.5. The van der Waals surface area contributed by atoms with Crippen LogP contribution < -0.4 is 0 Å². The van der Waals surface area contributed by atoms with Crippen LogP contribution in [-0.2, 0) is 9.53 Å². The number of Topliss-reactive ketones (excluding diaryl/α,β-unsaturated/α-hetero) is 1. The molecule has 0 unspecified atom stereocenters. The van der Waals surface area contributed by atoms with E-state index in [4.69, 9.17) is 4.74 Å². The van der Waals surface area contributed by atoms with Crippen molar-refractivity contribution in [2.24, 2.45) is 0 Å². The largest absolute Gasteiger partial charge is 0.486 e. The Kier molecular flexibility index (Phi) is 4.29. The first-order valence-corrected chi connectivity index (χ1v) is 3.10. The lowest BCUT2D eigenvalue weighted by Crippen LogP contribution is -2.01. The van der Waals surface area contributed by atoms with Crippen molar-refractivity contribution in [3.05, 3.63) is 24.5 Å². The molecule has 0 heterocycles. The van der Waals surface area contributed by atoms with Crippen LogP contribution in [0.1, 0.15) is 13.8 Å². The van der Waals surface area contributed by atoms with E-state index in [2.05, 4.69) is 6.58 Å². The standard InChI is InChI=1S/C8H12O2/c1-4-5-8(3)10-6-7(2)9/h4-5H,3,6H2,1-2H3. The lowest BCUT2D eigenvalue weighted by Gasteiger charge is -2.00. The fourth-order valence-electron chi connectivity index (χ4n) is 0.428. The molecular formula is C8H12O2. The van der Waals surface area contributed by atoms with E-state index < -0.39 is 0 Å². The van der Waals surface area contributed by atoms with Gasteiger partial charge in [-0.2, -0.15) is 0 Å². The number of ketones is 1. The molecule has 0 N–H and O–H groups in total. The molecular weight excluding hydrogens is 128 g/mol. The van der Waals surface area contributed by atoms with E-state index in [0.29, 0.717) is 5.76 Å². The molecule has 56 valence electrons. The lowest BCUT2D eigenvalue weighted by molar-refractivity contribution is -0.120. The third kappa shape index (κ3) is 5.09. The molecule has 0 saturated carbocycles. The molecule has 0 bridgehead atoms. The number of hydrogen-bond donors (Lipinski definition) is 0. The van der Waals surface area contributed by atoms with Crippen molar-refractivity contribution in [3.63, 3.8) is 0 Å². The first-order chi connectivity index (χ1) is 4.66. The van der Waals surface area contributed by atoms with Gasteiger partial charge in [0, 0.05) is 0 Å². The average Bonchev–Trinajstić information content (AvgIpc) is 1.85. The van der Waals surface area contributed by atoms with Crippen LogP contribution in [-0.4, -0.2) is 12.4 Å². The topological polar surface area (TPSA) is 26.3 Å². The second-order valence-corrected chi connectivity index (χ2v) is 1.96. The van der Waals surface area contributed by atoms with Crippen LogP contribution in [0.25, 0.3) is 0 Å². The van der Waals surface area contributed by atoms with Gasteiger partial charge in [-0.15, -0.1) is 0 Å². The molecule has 0 fully saturated rings. The summed E-state index contributed by atoms with van der Waals surface area (Å²) >= 11 is 0. The molecule has 0 spiro atoms. The predicted octanol–water partition coefficient (Wildman–Crippen LogP) is 1.68. The Morgan fingerprint density at radius 3 is 2.70 bits per heavy atom. The van der Waals surface area contributed by atoms with Crippen LogP contribution in [0.2, 0.25) is 0 Å². The highest BCUT2D eigenvalue weighted by molar-refractivity contribution is 5.76. The van der Waals surface area contributed by atoms with Gasteiger partial charge in [0.1, 0.15) is 12.4 Å². The lowest BCUT2D eigenvalue weighted by atomic mass is 10.4. The Balaban J connectivity index is 3.50. The SMILES string of the molecule is C=C(C=CC)OCC(C)=O. The highest BCUT2D eigenvalue weighted by Crippen LogP contribution is 1.94. The van der Waals surface area contributed by atoms with Crippen LogP contribution in [0.5, 0.6) is 0 Å². The van der Waals surface area contributed by atoms with E-state index in [-0.39, 0.29) is 12.4 Å². The van der Waals surface area contributed by atoms with Gasteiger partial charge in [-0.25, -0.2) is 0 Å². The van der Waals surface area contributed by atoms with E-state index in [9.17, 15) is 4.79 Å². The van der Waals surface area contributed by atoms with Gasteiger partial charge in [0.05, 0.1) is 0 Å². The van der Waals surface area contributed by atoms with Crippen molar-refractivity contribution >= 4 is 5.78 Å². The first-order valence-electron chi connectivity index (χ1n) is 3.10. The summed E-state index contributed by atoms with van der Waals surface area (Å²) in [6, 6.07) is 0. The monoisotopic (exact) mass is 140 g/mol. The molecule has 0 aromatic carbocycles. The molecule has 0 saturated heterocycles. The van der Waals surface area contributed by atoms with E-state index >= 15 is 0 Å². The van der Waals surface area contributed by atoms with Gasteiger partial charge in [-0.3, -0.25) is 4.79 Å². The molecule has 0 aliphatic carbocycles. The number of allylic oxidation sites excluding steroid dienone is 2. The van der Waals surface area contributed by atoms with Crippen LogP contribution in [0.3, 0.4) is 0 Å². The molecule has 0 aliphatic heterocycles. The van der Waals surface area contributed by atoms with Crippen molar-refractivity contribution in [2.75, 3.05) is 6.61 Å². The van der Waals surface area contributed by atoms with E-state index in [1.165, 1.54) is 6.92 Å². The quantitative estimate of drug-likeness (QED) is 0.438. The molecule has 0 radical (unpaired) electrons. The highest BCUT2D eigenvalue weighted by Gasteiger charge is 1.92. The summed E-state index contributed by atoms with van der Waals surface area (Å²) in [5.74, 6) is 0.531. The van der Waals surface area contributed by atoms with E-state index in [1.807, 2.05) is 13.0 Å². The summed E-state index contributed by atoms with van der Waals surface area (Å²) in [5.41, 5.74) is 0. The number of rotatable bonds is 4. The number of ether oxygens (including phenoxy) is 1. The van der Waals surface area contributed by atoms with E-state index in [1.54, 1.807) is 6.08 Å². The molecule has 0 aromatic rings. The second kappa shape index (κ2) is 4.79. The summed E-state index contributed by atoms with van der Waals surface area (Å²) in [7, 11) is 0. The third-order valence-electron chi connectivity index (χ3n) is 0.813. The number of carbonyl (C=O) groups is 1. The van der Waals surface area contributed by atoms with Gasteiger partial charge < -0.3 is 4.74 Å². The van der Waals surface area contributed by atoms with Crippen LogP contribution in [0, 0.1) is 0 Å². The van der Waals surface area contributed by atoms with Crippen LogP contribution >= 0.6 is 0 Å². The van der Waals surface area contributed by atoms with Gasteiger partial charge in [0.2, 0.25) is 0 Å². The van der Waals surface area contributed by atoms with Crippen molar-refractivity contribution in [1.82, 2.24) is 0 Å². The minimum Gasteiger partial charge on any atom is -0.486 e. The average molecular weight is 140 g/mol. The Labute approximate surface area is 61.2 Å². The molecule has 10 heavy (non-hydrogen) atoms. The molecule has 2 heteroatoms. The van der Waals surface area contributed by atoms with Gasteiger partial charge in [-0.1, -0.05) is 12.7 Å². The van der Waals surface area contributed by atoms with Crippen molar-refractivity contribution in [3.8, 4) is 0 Å². The van der Waals surface area contributed by atoms with Gasteiger partial charge in [0.25, 0.3) is 0 Å². The summed E-state index contributed by atoms with van der Waals surface area (Å²) in [6.45, 7) is 7.01. The zero-order valence-electron chi connectivity index (χ0n) is 6.39. The Morgan fingerprint density at radius 1 is 1.70 bits per heavy atom. The molecule has 0 aromatic heterocycles. The van der Waals surface area contributed by atoms with Gasteiger partial charge in [0.15, 0.2) is 5.78 Å². The Hall–Kier alpha value is -1.05. The van der Waals surface area contributed by atoms with Gasteiger partial charge in [-0.05, 0) is 19.9 Å². The minimum atomic E-state index is 0.00523. The van der Waals surface area contributed by atoms with Crippen molar-refractivity contribution in [2.45, 2.75) is 13.8 Å². The van der Waals surface area contributed by atoms with Crippen molar-refractivity contribution < 1.29 is 9.53 Å².